The van der Waals surface area contributed by atoms with Gasteiger partial charge in [-0.1, -0.05) is 23.7 Å². The van der Waals surface area contributed by atoms with Crippen molar-refractivity contribution in [2.75, 3.05) is 26.7 Å². The van der Waals surface area contributed by atoms with E-state index in [1.165, 1.54) is 0 Å². The van der Waals surface area contributed by atoms with E-state index in [0.29, 0.717) is 6.04 Å². The van der Waals surface area contributed by atoms with Gasteiger partial charge in [-0.3, -0.25) is 0 Å². The van der Waals surface area contributed by atoms with Crippen molar-refractivity contribution in [2.45, 2.75) is 18.5 Å². The fourth-order valence-electron chi connectivity index (χ4n) is 2.30. The molecule has 3 N–H and O–H groups in total. The molecule has 0 bridgehead atoms. The van der Waals surface area contributed by atoms with E-state index in [1.54, 1.807) is 0 Å². The lowest BCUT2D eigenvalue weighted by molar-refractivity contribution is 0.226. The Hall–Kier alpha value is -0.610. The number of hydrogen-bond acceptors (Lipinski definition) is 3. The Kier molecular flexibility index (Phi) is 4.40. The molecular formula is C13H20ClN3. The van der Waals surface area contributed by atoms with Gasteiger partial charge in [-0.2, -0.15) is 0 Å². The lowest BCUT2D eigenvalue weighted by Gasteiger charge is -2.32. The summed E-state index contributed by atoms with van der Waals surface area (Å²) in [6.45, 7) is 3.24. The van der Waals surface area contributed by atoms with Gasteiger partial charge in [0.15, 0.2) is 0 Å². The Morgan fingerprint density at radius 1 is 1.47 bits per heavy atom. The van der Waals surface area contributed by atoms with Crippen molar-refractivity contribution < 1.29 is 0 Å². The molecule has 94 valence electrons. The smallest absolute Gasteiger partial charge is 0.0406 e. The minimum Gasteiger partial charge on any atom is -0.324 e. The third kappa shape index (κ3) is 3.68. The molecule has 2 unspecified atom stereocenters. The van der Waals surface area contributed by atoms with Crippen molar-refractivity contribution in [2.24, 2.45) is 5.73 Å². The third-order valence-electron chi connectivity index (χ3n) is 3.30. The summed E-state index contributed by atoms with van der Waals surface area (Å²) in [7, 11) is 2.15. The van der Waals surface area contributed by atoms with Crippen LogP contribution in [-0.2, 0) is 0 Å². The highest BCUT2D eigenvalue weighted by Crippen LogP contribution is 2.19. The fraction of sp³-hybridized carbons (Fsp3) is 0.538. The Bertz CT molecular complexity index is 352. The van der Waals surface area contributed by atoms with E-state index in [1.807, 2.05) is 24.3 Å². The maximum Gasteiger partial charge on any atom is 0.0406 e. The van der Waals surface area contributed by atoms with Crippen molar-refractivity contribution in [1.82, 2.24) is 10.2 Å². The highest BCUT2D eigenvalue weighted by Gasteiger charge is 2.19. The molecule has 4 heteroatoms. The predicted molar refractivity (Wildman–Crippen MR) is 72.3 cm³/mol. The quantitative estimate of drug-likeness (QED) is 0.861. The largest absolute Gasteiger partial charge is 0.324 e. The minimum absolute atomic E-state index is 0.0799. The Balaban J connectivity index is 1.91. The van der Waals surface area contributed by atoms with Crippen molar-refractivity contribution in [1.29, 1.82) is 0 Å². The Morgan fingerprint density at radius 2 is 2.18 bits per heavy atom. The van der Waals surface area contributed by atoms with Crippen LogP contribution in [0.25, 0.3) is 0 Å². The molecule has 0 radical (unpaired) electrons. The summed E-state index contributed by atoms with van der Waals surface area (Å²) >= 11 is 5.87. The van der Waals surface area contributed by atoms with E-state index in [9.17, 15) is 0 Å². The molecule has 1 aliphatic rings. The topological polar surface area (TPSA) is 41.3 Å². The van der Waals surface area contributed by atoms with Gasteiger partial charge in [0.1, 0.15) is 0 Å². The maximum atomic E-state index is 6.22. The van der Waals surface area contributed by atoms with E-state index in [0.717, 1.165) is 36.6 Å². The van der Waals surface area contributed by atoms with Crippen molar-refractivity contribution in [3.63, 3.8) is 0 Å². The van der Waals surface area contributed by atoms with E-state index >= 15 is 0 Å². The number of piperazine rings is 1. The van der Waals surface area contributed by atoms with Crippen molar-refractivity contribution in [3.05, 3.63) is 34.9 Å². The lowest BCUT2D eigenvalue weighted by atomic mass is 9.99. The average Bonchev–Trinajstić information content (AvgIpc) is 2.29. The molecule has 0 saturated carbocycles. The summed E-state index contributed by atoms with van der Waals surface area (Å²) in [5.74, 6) is 0. The zero-order valence-electron chi connectivity index (χ0n) is 10.2. The van der Waals surface area contributed by atoms with E-state index in [2.05, 4.69) is 17.3 Å². The molecule has 1 aromatic rings. The predicted octanol–water partition coefficient (Wildman–Crippen LogP) is 1.63. The first-order valence-electron chi connectivity index (χ1n) is 6.08. The minimum atomic E-state index is 0.0799. The van der Waals surface area contributed by atoms with Crippen LogP contribution in [0.3, 0.4) is 0 Å². The van der Waals surface area contributed by atoms with Crippen LogP contribution >= 0.6 is 11.6 Å². The van der Waals surface area contributed by atoms with Gasteiger partial charge >= 0.3 is 0 Å². The van der Waals surface area contributed by atoms with Gasteiger partial charge in [0.05, 0.1) is 0 Å². The van der Waals surface area contributed by atoms with Crippen LogP contribution in [0.1, 0.15) is 18.0 Å². The second-order valence-corrected chi connectivity index (χ2v) is 5.24. The van der Waals surface area contributed by atoms with E-state index < -0.39 is 0 Å². The molecule has 1 saturated heterocycles. The molecular weight excluding hydrogens is 234 g/mol. The lowest BCUT2D eigenvalue weighted by Crippen LogP contribution is -2.49. The van der Waals surface area contributed by atoms with Crippen LogP contribution in [0, 0.1) is 0 Å². The van der Waals surface area contributed by atoms with E-state index in [-0.39, 0.29) is 6.04 Å². The molecule has 0 amide bonds. The maximum absolute atomic E-state index is 6.22. The van der Waals surface area contributed by atoms with Gasteiger partial charge in [-0.05, 0) is 31.2 Å². The highest BCUT2D eigenvalue weighted by atomic mass is 35.5. The number of likely N-dealkylation sites (N-methyl/N-ethyl adjacent to an activating group) is 1. The van der Waals surface area contributed by atoms with E-state index in [4.69, 9.17) is 17.3 Å². The Labute approximate surface area is 108 Å². The van der Waals surface area contributed by atoms with Crippen LogP contribution in [0.2, 0.25) is 5.02 Å². The molecule has 1 heterocycles. The summed E-state index contributed by atoms with van der Waals surface area (Å²) in [6, 6.07) is 8.39. The first-order valence-corrected chi connectivity index (χ1v) is 6.46. The fourth-order valence-corrected chi connectivity index (χ4v) is 2.43. The van der Waals surface area contributed by atoms with Crippen molar-refractivity contribution in [3.8, 4) is 0 Å². The zero-order valence-corrected chi connectivity index (χ0v) is 11.0. The van der Waals surface area contributed by atoms with Gasteiger partial charge in [-0.25, -0.2) is 0 Å². The number of nitrogens with one attached hydrogen (secondary N) is 1. The molecule has 17 heavy (non-hydrogen) atoms. The molecule has 1 aliphatic heterocycles. The number of nitrogens with zero attached hydrogens (tertiary/aromatic N) is 1. The molecule has 1 aromatic carbocycles. The SMILES string of the molecule is CN1CCNC(CC(N)c2ccc(Cl)cc2)C1. The first kappa shape index (κ1) is 12.8. The zero-order chi connectivity index (χ0) is 12.3. The molecule has 2 rings (SSSR count). The van der Waals surface area contributed by atoms with Crippen molar-refractivity contribution >= 4 is 11.6 Å². The summed E-state index contributed by atoms with van der Waals surface area (Å²) in [4.78, 5) is 2.34. The monoisotopic (exact) mass is 253 g/mol. The van der Waals surface area contributed by atoms with Gasteiger partial charge in [0.2, 0.25) is 0 Å². The van der Waals surface area contributed by atoms with Gasteiger partial charge in [0, 0.05) is 36.7 Å². The summed E-state index contributed by atoms with van der Waals surface area (Å²) in [5, 5.41) is 4.27. The number of halogens is 1. The Morgan fingerprint density at radius 3 is 2.82 bits per heavy atom. The molecule has 2 atom stereocenters. The average molecular weight is 254 g/mol. The number of nitrogens with two attached hydrogens (primary N) is 1. The number of benzene rings is 1. The molecule has 1 fully saturated rings. The first-order chi connectivity index (χ1) is 8.15. The van der Waals surface area contributed by atoms with Gasteiger partial charge in [-0.15, -0.1) is 0 Å². The van der Waals surface area contributed by atoms with Crippen LogP contribution in [-0.4, -0.2) is 37.6 Å². The van der Waals surface area contributed by atoms with Crippen LogP contribution in [0.4, 0.5) is 0 Å². The highest BCUT2D eigenvalue weighted by molar-refractivity contribution is 6.30. The number of rotatable bonds is 3. The third-order valence-corrected chi connectivity index (χ3v) is 3.55. The van der Waals surface area contributed by atoms with Gasteiger partial charge < -0.3 is 16.0 Å². The van der Waals surface area contributed by atoms with Crippen LogP contribution in [0.15, 0.2) is 24.3 Å². The number of hydrogen-bond donors (Lipinski definition) is 2. The second kappa shape index (κ2) is 5.83. The summed E-state index contributed by atoms with van der Waals surface area (Å²) in [5.41, 5.74) is 7.38. The molecule has 0 aromatic heterocycles. The van der Waals surface area contributed by atoms with Crippen LogP contribution in [0.5, 0.6) is 0 Å². The summed E-state index contributed by atoms with van der Waals surface area (Å²) in [6.07, 6.45) is 0.964. The van der Waals surface area contributed by atoms with Gasteiger partial charge in [0.25, 0.3) is 0 Å². The normalized spacial score (nSPS) is 23.6. The summed E-state index contributed by atoms with van der Waals surface area (Å²) < 4.78 is 0. The molecule has 0 spiro atoms. The standard InChI is InChI=1S/C13H20ClN3/c1-17-7-6-16-12(9-17)8-13(15)10-2-4-11(14)5-3-10/h2-5,12-13,16H,6-9,15H2,1H3. The van der Waals surface area contributed by atoms with Crippen LogP contribution < -0.4 is 11.1 Å². The second-order valence-electron chi connectivity index (χ2n) is 4.81. The molecule has 3 nitrogen and oxygen atoms in total. The molecule has 0 aliphatic carbocycles.